The fourth-order valence-corrected chi connectivity index (χ4v) is 2.17. The van der Waals surface area contributed by atoms with Crippen molar-refractivity contribution in [3.63, 3.8) is 0 Å². The van der Waals surface area contributed by atoms with E-state index < -0.39 is 9.84 Å². The molecule has 1 aromatic carbocycles. The van der Waals surface area contributed by atoms with Gasteiger partial charge in [-0.25, -0.2) is 8.42 Å². The van der Waals surface area contributed by atoms with Crippen LogP contribution < -0.4 is 5.32 Å². The maximum atomic E-state index is 11.3. The minimum Gasteiger partial charge on any atom is -0.318 e. The Balaban J connectivity index is 2.63. The molecule has 0 heterocycles. The molecule has 0 fully saturated rings. The predicted octanol–water partition coefficient (Wildman–Crippen LogP) is 0.741. The molecule has 0 radical (unpaired) electrons. The Bertz CT molecular complexity index is 440. The predicted molar refractivity (Wildman–Crippen MR) is 69.8 cm³/mol. The lowest BCUT2D eigenvalue weighted by molar-refractivity contribution is 0.328. The highest BCUT2D eigenvalue weighted by molar-refractivity contribution is 7.90. The number of rotatable bonds is 6. The molecule has 1 aromatic rings. The molecule has 0 amide bonds. The summed E-state index contributed by atoms with van der Waals surface area (Å²) in [6.07, 6.45) is 1.22. The second-order valence-electron chi connectivity index (χ2n) is 4.26. The maximum Gasteiger partial charge on any atom is 0.175 e. The van der Waals surface area contributed by atoms with E-state index in [0.717, 1.165) is 25.2 Å². The first kappa shape index (κ1) is 14.2. The Morgan fingerprint density at radius 3 is 2.29 bits per heavy atom. The molecule has 4 nitrogen and oxygen atoms in total. The van der Waals surface area contributed by atoms with Crippen molar-refractivity contribution in [1.29, 1.82) is 0 Å². The van der Waals surface area contributed by atoms with E-state index in [1.54, 1.807) is 12.1 Å². The summed E-state index contributed by atoms with van der Waals surface area (Å²) in [5, 5.41) is 3.09. The van der Waals surface area contributed by atoms with Crippen LogP contribution in [0.1, 0.15) is 5.56 Å². The van der Waals surface area contributed by atoms with Crippen molar-refractivity contribution in [3.8, 4) is 0 Å². The number of nitrogens with one attached hydrogen (secondary N) is 1. The maximum absolute atomic E-state index is 11.3. The van der Waals surface area contributed by atoms with Crippen LogP contribution in [0.3, 0.4) is 0 Å². The van der Waals surface area contributed by atoms with Crippen molar-refractivity contribution in [2.75, 3.05) is 33.4 Å². The van der Waals surface area contributed by atoms with Crippen LogP contribution in [-0.2, 0) is 16.4 Å². The van der Waals surface area contributed by atoms with Gasteiger partial charge in [0.2, 0.25) is 0 Å². The molecule has 1 N–H and O–H groups in total. The van der Waals surface area contributed by atoms with Gasteiger partial charge >= 0.3 is 0 Å². The van der Waals surface area contributed by atoms with Crippen LogP contribution in [-0.4, -0.2) is 46.8 Å². The zero-order valence-electron chi connectivity index (χ0n) is 10.6. The number of benzene rings is 1. The average Bonchev–Trinajstić information content (AvgIpc) is 2.26. The Morgan fingerprint density at radius 2 is 1.82 bits per heavy atom. The lowest BCUT2D eigenvalue weighted by Gasteiger charge is -2.16. The van der Waals surface area contributed by atoms with E-state index in [9.17, 15) is 8.42 Å². The van der Waals surface area contributed by atoms with Gasteiger partial charge in [0.15, 0.2) is 9.84 Å². The lowest BCUT2D eigenvalue weighted by atomic mass is 10.2. The van der Waals surface area contributed by atoms with Crippen molar-refractivity contribution >= 4 is 9.84 Å². The minimum absolute atomic E-state index is 0.374. The van der Waals surface area contributed by atoms with Crippen LogP contribution in [0.2, 0.25) is 0 Å². The minimum atomic E-state index is -3.09. The van der Waals surface area contributed by atoms with Gasteiger partial charge in [0.25, 0.3) is 0 Å². The average molecular weight is 256 g/mol. The van der Waals surface area contributed by atoms with Gasteiger partial charge in [-0.1, -0.05) is 12.1 Å². The van der Waals surface area contributed by atoms with Gasteiger partial charge in [0.1, 0.15) is 0 Å². The van der Waals surface area contributed by atoms with E-state index >= 15 is 0 Å². The molecule has 0 atom stereocenters. The molecule has 0 aliphatic rings. The second kappa shape index (κ2) is 6.14. The van der Waals surface area contributed by atoms with Gasteiger partial charge in [0, 0.05) is 25.9 Å². The van der Waals surface area contributed by atoms with Crippen LogP contribution in [0.5, 0.6) is 0 Å². The molecule has 5 heteroatoms. The van der Waals surface area contributed by atoms with Crippen molar-refractivity contribution in [2.45, 2.75) is 11.4 Å². The second-order valence-corrected chi connectivity index (χ2v) is 6.27. The van der Waals surface area contributed by atoms with Crippen molar-refractivity contribution in [3.05, 3.63) is 29.8 Å². The summed E-state index contributed by atoms with van der Waals surface area (Å²) in [5.41, 5.74) is 1.12. The van der Waals surface area contributed by atoms with Crippen LogP contribution in [0.15, 0.2) is 29.2 Å². The molecular formula is C12H20N2O2S. The Labute approximate surface area is 104 Å². The quantitative estimate of drug-likeness (QED) is 0.815. The van der Waals surface area contributed by atoms with E-state index in [0.29, 0.717) is 4.90 Å². The van der Waals surface area contributed by atoms with Crippen LogP contribution in [0.4, 0.5) is 0 Å². The highest BCUT2D eigenvalue weighted by Gasteiger charge is 2.06. The standard InChI is InChI=1S/C12H20N2O2S/c1-13-8-9-14(2)10-11-4-6-12(7-5-11)17(3,15)16/h4-7,13H,8-10H2,1-3H3. The van der Waals surface area contributed by atoms with Crippen molar-refractivity contribution < 1.29 is 8.42 Å². The van der Waals surface area contributed by atoms with E-state index in [1.165, 1.54) is 6.26 Å². The smallest absolute Gasteiger partial charge is 0.175 e. The van der Waals surface area contributed by atoms with Gasteiger partial charge in [-0.3, -0.25) is 0 Å². The van der Waals surface area contributed by atoms with Crippen LogP contribution in [0.25, 0.3) is 0 Å². The van der Waals surface area contributed by atoms with Gasteiger partial charge in [0.05, 0.1) is 4.90 Å². The Morgan fingerprint density at radius 1 is 1.24 bits per heavy atom. The molecule has 1 rings (SSSR count). The largest absolute Gasteiger partial charge is 0.318 e. The molecule has 0 aliphatic carbocycles. The van der Waals surface area contributed by atoms with Gasteiger partial charge in [-0.2, -0.15) is 0 Å². The summed E-state index contributed by atoms with van der Waals surface area (Å²) in [4.78, 5) is 2.56. The summed E-state index contributed by atoms with van der Waals surface area (Å²) in [5.74, 6) is 0. The third-order valence-corrected chi connectivity index (χ3v) is 3.68. The number of sulfone groups is 1. The number of likely N-dealkylation sites (N-methyl/N-ethyl adjacent to an activating group) is 2. The summed E-state index contributed by atoms with van der Waals surface area (Å²) in [6.45, 7) is 2.73. The molecular weight excluding hydrogens is 236 g/mol. The molecule has 96 valence electrons. The first-order chi connectivity index (χ1) is 7.93. The number of hydrogen-bond donors (Lipinski definition) is 1. The summed E-state index contributed by atoms with van der Waals surface area (Å²) in [6, 6.07) is 7.06. The zero-order chi connectivity index (χ0) is 12.9. The lowest BCUT2D eigenvalue weighted by Crippen LogP contribution is -2.26. The van der Waals surface area contributed by atoms with E-state index in [1.807, 2.05) is 26.2 Å². The summed E-state index contributed by atoms with van der Waals surface area (Å²) in [7, 11) is 0.883. The SMILES string of the molecule is CNCCN(C)Cc1ccc(S(C)(=O)=O)cc1. The fourth-order valence-electron chi connectivity index (χ4n) is 1.54. The van der Waals surface area contributed by atoms with E-state index in [4.69, 9.17) is 0 Å². The number of hydrogen-bond acceptors (Lipinski definition) is 4. The third kappa shape index (κ3) is 4.85. The van der Waals surface area contributed by atoms with E-state index in [2.05, 4.69) is 10.2 Å². The third-order valence-electron chi connectivity index (χ3n) is 2.55. The first-order valence-electron chi connectivity index (χ1n) is 5.55. The number of nitrogens with zero attached hydrogens (tertiary/aromatic N) is 1. The first-order valence-corrected chi connectivity index (χ1v) is 7.45. The van der Waals surface area contributed by atoms with E-state index in [-0.39, 0.29) is 0 Å². The molecule has 0 spiro atoms. The molecule has 0 aliphatic heterocycles. The van der Waals surface area contributed by atoms with Gasteiger partial charge in [-0.15, -0.1) is 0 Å². The fraction of sp³-hybridized carbons (Fsp3) is 0.500. The summed E-state index contributed by atoms with van der Waals surface area (Å²) >= 11 is 0. The molecule has 0 unspecified atom stereocenters. The van der Waals surface area contributed by atoms with Crippen molar-refractivity contribution in [2.24, 2.45) is 0 Å². The van der Waals surface area contributed by atoms with Gasteiger partial charge < -0.3 is 10.2 Å². The molecule has 0 saturated carbocycles. The topological polar surface area (TPSA) is 49.4 Å². The summed E-state index contributed by atoms with van der Waals surface area (Å²) < 4.78 is 22.6. The molecule has 0 saturated heterocycles. The highest BCUT2D eigenvalue weighted by Crippen LogP contribution is 2.11. The molecule has 17 heavy (non-hydrogen) atoms. The Kier molecular flexibility index (Phi) is 5.11. The molecule has 0 bridgehead atoms. The molecule has 0 aromatic heterocycles. The van der Waals surface area contributed by atoms with Crippen LogP contribution >= 0.6 is 0 Å². The zero-order valence-corrected chi connectivity index (χ0v) is 11.4. The monoisotopic (exact) mass is 256 g/mol. The van der Waals surface area contributed by atoms with Gasteiger partial charge in [-0.05, 0) is 31.8 Å². The van der Waals surface area contributed by atoms with Crippen LogP contribution in [0, 0.1) is 0 Å². The highest BCUT2D eigenvalue weighted by atomic mass is 32.2. The normalized spacial score (nSPS) is 12.0. The Hall–Kier alpha value is -0.910. The van der Waals surface area contributed by atoms with Crippen molar-refractivity contribution in [1.82, 2.24) is 10.2 Å².